The molecule has 0 atom stereocenters. The maximum absolute atomic E-state index is 12.8. The molecular formula is C18H21FN2O. The van der Waals surface area contributed by atoms with E-state index in [1.165, 1.54) is 17.7 Å². The van der Waals surface area contributed by atoms with Crippen molar-refractivity contribution >= 4 is 5.91 Å². The molecule has 0 aliphatic rings. The molecule has 2 aromatic carbocycles. The van der Waals surface area contributed by atoms with Crippen molar-refractivity contribution in [3.05, 3.63) is 71.5 Å². The van der Waals surface area contributed by atoms with Gasteiger partial charge in [-0.05, 0) is 36.2 Å². The summed E-state index contributed by atoms with van der Waals surface area (Å²) in [6, 6.07) is 16.4. The van der Waals surface area contributed by atoms with Crippen LogP contribution in [0.2, 0.25) is 0 Å². The Morgan fingerprint density at radius 2 is 1.64 bits per heavy atom. The van der Waals surface area contributed by atoms with Crippen LogP contribution in [0, 0.1) is 5.82 Å². The Balaban J connectivity index is 1.55. The molecule has 3 nitrogen and oxygen atoms in total. The SMILES string of the molecule is O=C(CCNCCc1ccccc1)NCc1ccc(F)cc1. The van der Waals surface area contributed by atoms with Crippen molar-refractivity contribution in [3.63, 3.8) is 0 Å². The van der Waals surface area contributed by atoms with Gasteiger partial charge in [-0.1, -0.05) is 42.5 Å². The molecule has 0 fully saturated rings. The summed E-state index contributed by atoms with van der Waals surface area (Å²) in [4.78, 5) is 11.7. The smallest absolute Gasteiger partial charge is 0.221 e. The van der Waals surface area contributed by atoms with Crippen molar-refractivity contribution in [2.75, 3.05) is 13.1 Å². The Bertz CT molecular complexity index is 569. The summed E-state index contributed by atoms with van der Waals surface area (Å²) >= 11 is 0. The number of amides is 1. The van der Waals surface area contributed by atoms with Gasteiger partial charge in [0.1, 0.15) is 5.82 Å². The molecule has 0 saturated carbocycles. The van der Waals surface area contributed by atoms with Gasteiger partial charge in [0.25, 0.3) is 0 Å². The summed E-state index contributed by atoms with van der Waals surface area (Å²) in [5.41, 5.74) is 2.18. The summed E-state index contributed by atoms with van der Waals surface area (Å²) in [5.74, 6) is -0.269. The molecular weight excluding hydrogens is 279 g/mol. The maximum atomic E-state index is 12.8. The minimum Gasteiger partial charge on any atom is -0.352 e. The fourth-order valence-corrected chi connectivity index (χ4v) is 2.10. The molecule has 0 heterocycles. The summed E-state index contributed by atoms with van der Waals surface area (Å²) < 4.78 is 12.8. The van der Waals surface area contributed by atoms with Crippen LogP contribution in [-0.2, 0) is 17.8 Å². The van der Waals surface area contributed by atoms with Gasteiger partial charge in [0.15, 0.2) is 0 Å². The van der Waals surface area contributed by atoms with Gasteiger partial charge >= 0.3 is 0 Å². The Labute approximate surface area is 130 Å². The number of carbonyl (C=O) groups is 1. The zero-order chi connectivity index (χ0) is 15.6. The van der Waals surface area contributed by atoms with E-state index in [-0.39, 0.29) is 11.7 Å². The highest BCUT2D eigenvalue weighted by molar-refractivity contribution is 5.76. The quantitative estimate of drug-likeness (QED) is 0.736. The molecule has 22 heavy (non-hydrogen) atoms. The van der Waals surface area contributed by atoms with Gasteiger partial charge in [0, 0.05) is 19.5 Å². The fraction of sp³-hybridized carbons (Fsp3) is 0.278. The van der Waals surface area contributed by atoms with Crippen LogP contribution in [0.5, 0.6) is 0 Å². The molecule has 4 heteroatoms. The van der Waals surface area contributed by atoms with Crippen LogP contribution in [0.1, 0.15) is 17.5 Å². The number of halogens is 1. The first-order valence-electron chi connectivity index (χ1n) is 7.50. The van der Waals surface area contributed by atoms with Crippen LogP contribution in [0.25, 0.3) is 0 Å². The van der Waals surface area contributed by atoms with Crippen molar-refractivity contribution in [3.8, 4) is 0 Å². The van der Waals surface area contributed by atoms with Crippen molar-refractivity contribution in [1.82, 2.24) is 10.6 Å². The average Bonchev–Trinajstić information content (AvgIpc) is 2.55. The molecule has 0 aliphatic heterocycles. The Morgan fingerprint density at radius 3 is 2.36 bits per heavy atom. The average molecular weight is 300 g/mol. The molecule has 0 aromatic heterocycles. The molecule has 0 aliphatic carbocycles. The molecule has 0 spiro atoms. The third-order valence-electron chi connectivity index (χ3n) is 3.37. The minimum absolute atomic E-state index is 0.00321. The number of hydrogen-bond acceptors (Lipinski definition) is 2. The summed E-state index contributed by atoms with van der Waals surface area (Å²) in [5, 5.41) is 6.09. The predicted octanol–water partition coefficient (Wildman–Crippen LogP) is 2.66. The highest BCUT2D eigenvalue weighted by Crippen LogP contribution is 2.02. The lowest BCUT2D eigenvalue weighted by Crippen LogP contribution is -2.28. The second kappa shape index (κ2) is 8.95. The van der Waals surface area contributed by atoms with E-state index in [1.54, 1.807) is 12.1 Å². The lowest BCUT2D eigenvalue weighted by molar-refractivity contribution is -0.121. The van der Waals surface area contributed by atoms with Crippen molar-refractivity contribution < 1.29 is 9.18 Å². The van der Waals surface area contributed by atoms with Gasteiger partial charge < -0.3 is 10.6 Å². The van der Waals surface area contributed by atoms with E-state index in [4.69, 9.17) is 0 Å². The van der Waals surface area contributed by atoms with Crippen molar-refractivity contribution in [1.29, 1.82) is 0 Å². The maximum Gasteiger partial charge on any atom is 0.221 e. The van der Waals surface area contributed by atoms with E-state index < -0.39 is 0 Å². The van der Waals surface area contributed by atoms with Crippen LogP contribution in [-0.4, -0.2) is 19.0 Å². The molecule has 0 saturated heterocycles. The monoisotopic (exact) mass is 300 g/mol. The van der Waals surface area contributed by atoms with E-state index in [2.05, 4.69) is 22.8 Å². The zero-order valence-electron chi connectivity index (χ0n) is 12.5. The number of rotatable bonds is 8. The number of hydrogen-bond donors (Lipinski definition) is 2. The van der Waals surface area contributed by atoms with Gasteiger partial charge in [0.2, 0.25) is 5.91 Å². The fourth-order valence-electron chi connectivity index (χ4n) is 2.10. The van der Waals surface area contributed by atoms with Crippen LogP contribution in [0.15, 0.2) is 54.6 Å². The first-order valence-corrected chi connectivity index (χ1v) is 7.50. The minimum atomic E-state index is -0.266. The van der Waals surface area contributed by atoms with E-state index in [0.717, 1.165) is 18.5 Å². The van der Waals surface area contributed by atoms with E-state index >= 15 is 0 Å². The highest BCUT2D eigenvalue weighted by atomic mass is 19.1. The van der Waals surface area contributed by atoms with Gasteiger partial charge in [0.05, 0.1) is 0 Å². The topological polar surface area (TPSA) is 41.1 Å². The first-order chi connectivity index (χ1) is 10.7. The van der Waals surface area contributed by atoms with Gasteiger partial charge in [-0.15, -0.1) is 0 Å². The highest BCUT2D eigenvalue weighted by Gasteiger charge is 2.01. The number of benzene rings is 2. The summed E-state index contributed by atoms with van der Waals surface area (Å²) in [7, 11) is 0. The second-order valence-corrected chi connectivity index (χ2v) is 5.14. The molecule has 2 rings (SSSR count). The van der Waals surface area contributed by atoms with Crippen LogP contribution >= 0.6 is 0 Å². The van der Waals surface area contributed by atoms with E-state index in [1.807, 2.05) is 18.2 Å². The predicted molar refractivity (Wildman–Crippen MR) is 85.9 cm³/mol. The summed E-state index contributed by atoms with van der Waals surface area (Å²) in [6.45, 7) is 1.94. The molecule has 0 unspecified atom stereocenters. The number of nitrogens with one attached hydrogen (secondary N) is 2. The Hall–Kier alpha value is -2.20. The normalized spacial score (nSPS) is 10.4. The largest absolute Gasteiger partial charge is 0.352 e. The third-order valence-corrected chi connectivity index (χ3v) is 3.37. The van der Waals surface area contributed by atoms with Gasteiger partial charge in [-0.25, -0.2) is 4.39 Å². The molecule has 2 aromatic rings. The lowest BCUT2D eigenvalue weighted by Gasteiger charge is -2.07. The van der Waals surface area contributed by atoms with Crippen LogP contribution < -0.4 is 10.6 Å². The molecule has 0 radical (unpaired) electrons. The molecule has 116 valence electrons. The van der Waals surface area contributed by atoms with Crippen LogP contribution in [0.3, 0.4) is 0 Å². The van der Waals surface area contributed by atoms with E-state index in [9.17, 15) is 9.18 Å². The molecule has 2 N–H and O–H groups in total. The first kappa shape index (κ1) is 16.2. The number of carbonyl (C=O) groups excluding carboxylic acids is 1. The Kier molecular flexibility index (Phi) is 6.58. The molecule has 0 bridgehead atoms. The standard InChI is InChI=1S/C18H21FN2O/c19-17-8-6-16(7-9-17)14-21-18(22)11-13-20-12-10-15-4-2-1-3-5-15/h1-9,20H,10-14H2,(H,21,22). The summed E-state index contributed by atoms with van der Waals surface area (Å²) in [6.07, 6.45) is 1.40. The second-order valence-electron chi connectivity index (χ2n) is 5.14. The van der Waals surface area contributed by atoms with Crippen molar-refractivity contribution in [2.24, 2.45) is 0 Å². The zero-order valence-corrected chi connectivity index (χ0v) is 12.5. The van der Waals surface area contributed by atoms with Crippen molar-refractivity contribution in [2.45, 2.75) is 19.4 Å². The molecule has 1 amide bonds. The van der Waals surface area contributed by atoms with Crippen LogP contribution in [0.4, 0.5) is 4.39 Å². The lowest BCUT2D eigenvalue weighted by atomic mass is 10.1. The third kappa shape index (κ3) is 6.06. The van der Waals surface area contributed by atoms with Gasteiger partial charge in [-0.2, -0.15) is 0 Å². The van der Waals surface area contributed by atoms with Gasteiger partial charge in [-0.3, -0.25) is 4.79 Å². The Morgan fingerprint density at radius 1 is 0.909 bits per heavy atom. The van der Waals surface area contributed by atoms with E-state index in [0.29, 0.717) is 19.5 Å².